The number of rotatable bonds is 0. The molecule has 2 aliphatic rings. The third-order valence-corrected chi connectivity index (χ3v) is 4.71. The Balaban J connectivity index is 2.03. The molecule has 1 saturated heterocycles. The van der Waals surface area contributed by atoms with Gasteiger partial charge in [0.1, 0.15) is 12.4 Å². The van der Waals surface area contributed by atoms with E-state index in [1.165, 1.54) is 0 Å². The first kappa shape index (κ1) is 11.3. The maximum absolute atomic E-state index is 12.6. The van der Waals surface area contributed by atoms with Crippen LogP contribution < -0.4 is 0 Å². The molecule has 19 heavy (non-hydrogen) atoms. The van der Waals surface area contributed by atoms with Crippen LogP contribution in [0.1, 0.15) is 22.2 Å². The van der Waals surface area contributed by atoms with Gasteiger partial charge in [-0.05, 0) is 18.2 Å². The van der Waals surface area contributed by atoms with E-state index in [1.807, 2.05) is 15.5 Å². The second-order valence-electron chi connectivity index (χ2n) is 4.51. The quantitative estimate of drug-likeness (QED) is 0.746. The van der Waals surface area contributed by atoms with E-state index in [0.29, 0.717) is 16.5 Å². The predicted molar refractivity (Wildman–Crippen MR) is 72.6 cm³/mol. The highest BCUT2D eigenvalue weighted by Gasteiger charge is 2.38. The molecular formula is C12H9ClN4OS. The van der Waals surface area contributed by atoms with Crippen molar-refractivity contribution >= 4 is 29.3 Å². The summed E-state index contributed by atoms with van der Waals surface area (Å²) in [6.45, 7) is 0. The summed E-state index contributed by atoms with van der Waals surface area (Å²) in [5, 5.41) is 8.73. The summed E-state index contributed by atoms with van der Waals surface area (Å²) in [6, 6.07) is 5.33. The molecule has 4 rings (SSSR count). The Morgan fingerprint density at radius 1 is 1.42 bits per heavy atom. The van der Waals surface area contributed by atoms with Gasteiger partial charge in [-0.3, -0.25) is 9.36 Å². The third kappa shape index (κ3) is 1.53. The lowest BCUT2D eigenvalue weighted by atomic mass is 10.1. The summed E-state index contributed by atoms with van der Waals surface area (Å²) in [4.78, 5) is 14.5. The van der Waals surface area contributed by atoms with Gasteiger partial charge in [-0.1, -0.05) is 11.6 Å². The normalized spacial score (nSPS) is 20.8. The number of amides is 1. The van der Waals surface area contributed by atoms with Crippen molar-refractivity contribution < 1.29 is 4.79 Å². The van der Waals surface area contributed by atoms with Crippen molar-refractivity contribution in [1.29, 1.82) is 0 Å². The molecule has 1 aromatic heterocycles. The molecule has 7 heteroatoms. The highest BCUT2D eigenvalue weighted by atomic mass is 35.5. The molecule has 0 spiro atoms. The summed E-state index contributed by atoms with van der Waals surface area (Å²) in [5.74, 6) is 2.37. The average Bonchev–Trinajstić information content (AvgIpc) is 3.04. The topological polar surface area (TPSA) is 51.0 Å². The lowest BCUT2D eigenvalue weighted by molar-refractivity contribution is 0.0747. The number of carbonyl (C=O) groups is 1. The van der Waals surface area contributed by atoms with Crippen molar-refractivity contribution in [3.63, 3.8) is 0 Å². The minimum absolute atomic E-state index is 0.00817. The minimum atomic E-state index is -0.00817. The van der Waals surface area contributed by atoms with Gasteiger partial charge in [0.05, 0.1) is 17.1 Å². The van der Waals surface area contributed by atoms with Crippen LogP contribution in [0.3, 0.4) is 0 Å². The highest BCUT2D eigenvalue weighted by molar-refractivity contribution is 7.99. The average molecular weight is 293 g/mol. The summed E-state index contributed by atoms with van der Waals surface area (Å²) in [6.07, 6.45) is 1.65. The van der Waals surface area contributed by atoms with Gasteiger partial charge >= 0.3 is 0 Å². The van der Waals surface area contributed by atoms with Crippen molar-refractivity contribution in [2.45, 2.75) is 6.04 Å². The monoisotopic (exact) mass is 292 g/mol. The van der Waals surface area contributed by atoms with E-state index in [9.17, 15) is 4.79 Å². The van der Waals surface area contributed by atoms with Crippen LogP contribution in [0.25, 0.3) is 5.69 Å². The fraction of sp³-hybridized carbons (Fsp3) is 0.250. The fourth-order valence-corrected chi connectivity index (χ4v) is 3.88. The van der Waals surface area contributed by atoms with Crippen LogP contribution >= 0.6 is 23.4 Å². The van der Waals surface area contributed by atoms with E-state index in [1.54, 1.807) is 30.2 Å². The number of thioether (sulfide) groups is 1. The Labute approximate surface area is 118 Å². The number of aromatic nitrogens is 3. The van der Waals surface area contributed by atoms with E-state index >= 15 is 0 Å². The van der Waals surface area contributed by atoms with Gasteiger partial charge in [-0.2, -0.15) is 0 Å². The van der Waals surface area contributed by atoms with Gasteiger partial charge in [-0.15, -0.1) is 22.0 Å². The first-order valence-corrected chi connectivity index (χ1v) is 7.37. The van der Waals surface area contributed by atoms with Crippen molar-refractivity contribution in [2.75, 3.05) is 11.6 Å². The first-order valence-electron chi connectivity index (χ1n) is 5.84. The second-order valence-corrected chi connectivity index (χ2v) is 5.95. The van der Waals surface area contributed by atoms with Crippen LogP contribution in [0, 0.1) is 0 Å². The van der Waals surface area contributed by atoms with Crippen molar-refractivity contribution in [1.82, 2.24) is 19.7 Å². The van der Waals surface area contributed by atoms with Crippen molar-refractivity contribution in [3.05, 3.63) is 40.9 Å². The van der Waals surface area contributed by atoms with Gasteiger partial charge in [0.2, 0.25) is 0 Å². The molecule has 5 nitrogen and oxygen atoms in total. The van der Waals surface area contributed by atoms with Crippen LogP contribution in [0.4, 0.5) is 0 Å². The van der Waals surface area contributed by atoms with Crippen LogP contribution in [0.2, 0.25) is 5.02 Å². The minimum Gasteiger partial charge on any atom is -0.318 e. The van der Waals surface area contributed by atoms with Crippen LogP contribution in [0.15, 0.2) is 24.5 Å². The molecule has 0 N–H and O–H groups in total. The molecule has 3 heterocycles. The number of hydrogen-bond donors (Lipinski definition) is 0. The molecule has 2 aromatic rings. The Hall–Kier alpha value is -1.53. The third-order valence-electron chi connectivity index (χ3n) is 3.46. The van der Waals surface area contributed by atoms with Gasteiger partial charge in [0, 0.05) is 10.8 Å². The lowest BCUT2D eigenvalue weighted by Crippen LogP contribution is -2.30. The number of hydrogen-bond acceptors (Lipinski definition) is 4. The maximum Gasteiger partial charge on any atom is 0.257 e. The van der Waals surface area contributed by atoms with E-state index in [-0.39, 0.29) is 11.9 Å². The molecule has 0 saturated carbocycles. The summed E-state index contributed by atoms with van der Waals surface area (Å²) in [7, 11) is 0. The smallest absolute Gasteiger partial charge is 0.257 e. The molecule has 0 radical (unpaired) electrons. The zero-order valence-corrected chi connectivity index (χ0v) is 11.4. The number of benzene rings is 1. The summed E-state index contributed by atoms with van der Waals surface area (Å²) in [5.41, 5.74) is 1.41. The number of halogens is 1. The number of carbonyl (C=O) groups excluding carboxylic acids is 1. The molecule has 1 fully saturated rings. The van der Waals surface area contributed by atoms with E-state index in [4.69, 9.17) is 11.6 Å². The lowest BCUT2D eigenvalue weighted by Gasteiger charge is -2.19. The van der Waals surface area contributed by atoms with Crippen molar-refractivity contribution in [2.24, 2.45) is 0 Å². The molecule has 1 atom stereocenters. The summed E-state index contributed by atoms with van der Waals surface area (Å²) < 4.78 is 1.89. The zero-order valence-electron chi connectivity index (χ0n) is 9.78. The maximum atomic E-state index is 12.6. The zero-order chi connectivity index (χ0) is 13.0. The SMILES string of the molecule is O=C1c2cc(Cl)ccc2-n2cnnc2[C@H]2CSCN12. The van der Waals surface area contributed by atoms with Crippen molar-refractivity contribution in [3.8, 4) is 5.69 Å². The van der Waals surface area contributed by atoms with Crippen LogP contribution in [-0.4, -0.2) is 37.2 Å². The molecule has 0 bridgehead atoms. The first-order chi connectivity index (χ1) is 9.25. The van der Waals surface area contributed by atoms with E-state index in [0.717, 1.165) is 17.3 Å². The molecule has 2 aliphatic heterocycles. The van der Waals surface area contributed by atoms with Gasteiger partial charge in [-0.25, -0.2) is 0 Å². The second kappa shape index (κ2) is 3.98. The number of nitrogens with zero attached hydrogens (tertiary/aromatic N) is 4. The molecule has 0 unspecified atom stereocenters. The summed E-state index contributed by atoms with van der Waals surface area (Å²) >= 11 is 7.75. The van der Waals surface area contributed by atoms with E-state index < -0.39 is 0 Å². The Morgan fingerprint density at radius 3 is 3.21 bits per heavy atom. The van der Waals surface area contributed by atoms with E-state index in [2.05, 4.69) is 10.2 Å². The van der Waals surface area contributed by atoms with Gasteiger partial charge in [0.25, 0.3) is 5.91 Å². The molecule has 0 aliphatic carbocycles. The fourth-order valence-electron chi connectivity index (χ4n) is 2.56. The van der Waals surface area contributed by atoms with Crippen LogP contribution in [-0.2, 0) is 0 Å². The largest absolute Gasteiger partial charge is 0.318 e. The van der Waals surface area contributed by atoms with Gasteiger partial charge in [0.15, 0.2) is 5.82 Å². The Morgan fingerprint density at radius 2 is 2.32 bits per heavy atom. The molecule has 1 amide bonds. The Bertz CT molecular complexity index is 686. The number of fused-ring (bicyclic) bond motifs is 5. The molecule has 96 valence electrons. The predicted octanol–water partition coefficient (Wildman–Crippen LogP) is 2.12. The Kier molecular flexibility index (Phi) is 2.37. The van der Waals surface area contributed by atoms with Gasteiger partial charge < -0.3 is 4.90 Å². The standard InChI is InChI=1S/C12H9ClN4OS/c13-7-1-2-9-8(3-7)12(18)17-6-19-4-10(17)11-15-14-5-16(9)11/h1-3,5,10H,4,6H2/t10-/m1/s1. The molecular weight excluding hydrogens is 284 g/mol. The highest BCUT2D eigenvalue weighted by Crippen LogP contribution is 2.38. The van der Waals surface area contributed by atoms with Crippen LogP contribution in [0.5, 0.6) is 0 Å². The molecule has 1 aromatic carbocycles.